The largest absolute Gasteiger partial charge is 0.494 e. The highest BCUT2D eigenvalue weighted by atomic mass is 35.5. The van der Waals surface area contributed by atoms with Gasteiger partial charge in [0.1, 0.15) is 6.54 Å². The Kier molecular flexibility index (Phi) is 5.66. The van der Waals surface area contributed by atoms with Crippen molar-refractivity contribution in [3.05, 3.63) is 58.9 Å². The Bertz CT molecular complexity index is 945. The van der Waals surface area contributed by atoms with Crippen LogP contribution in [0.2, 0.25) is 5.02 Å². The van der Waals surface area contributed by atoms with Crippen molar-refractivity contribution in [1.29, 1.82) is 0 Å². The maximum absolute atomic E-state index is 13.8. The summed E-state index contributed by atoms with van der Waals surface area (Å²) in [7, 11) is 3.03. The van der Waals surface area contributed by atoms with Crippen molar-refractivity contribution >= 4 is 17.5 Å². The number of nitrogens with zero attached hydrogens (tertiary/aromatic N) is 5. The van der Waals surface area contributed by atoms with E-state index in [0.717, 1.165) is 5.56 Å². The van der Waals surface area contributed by atoms with Gasteiger partial charge in [-0.3, -0.25) is 4.79 Å². The number of carbonyl (C=O) groups is 1. The minimum Gasteiger partial charge on any atom is -0.494 e. The van der Waals surface area contributed by atoms with E-state index in [1.54, 1.807) is 37.4 Å². The summed E-state index contributed by atoms with van der Waals surface area (Å²) in [5, 5.41) is 12.7. The molecule has 3 rings (SSSR count). The third-order valence-electron chi connectivity index (χ3n) is 3.89. The van der Waals surface area contributed by atoms with E-state index in [1.165, 1.54) is 28.9 Å². The Hall–Kier alpha value is -3.00. The summed E-state index contributed by atoms with van der Waals surface area (Å²) >= 11 is 5.86. The van der Waals surface area contributed by atoms with E-state index in [2.05, 4.69) is 15.4 Å². The normalized spacial score (nSPS) is 10.7. The van der Waals surface area contributed by atoms with Crippen molar-refractivity contribution in [3.63, 3.8) is 0 Å². The predicted octanol–water partition coefficient (Wildman–Crippen LogP) is 2.80. The Balaban J connectivity index is 1.63. The summed E-state index contributed by atoms with van der Waals surface area (Å²) in [6, 6.07) is 11.6. The summed E-state index contributed by atoms with van der Waals surface area (Å²) in [6.45, 7) is 0.175. The number of hydrogen-bond donors (Lipinski definition) is 0. The Morgan fingerprint density at radius 1 is 1.26 bits per heavy atom. The first-order valence-corrected chi connectivity index (χ1v) is 8.44. The van der Waals surface area contributed by atoms with Crippen LogP contribution in [-0.4, -0.2) is 45.2 Å². The molecule has 1 heterocycles. The van der Waals surface area contributed by atoms with Crippen LogP contribution in [-0.2, 0) is 17.9 Å². The van der Waals surface area contributed by atoms with Gasteiger partial charge in [-0.1, -0.05) is 17.7 Å². The number of hydrogen-bond acceptors (Lipinski definition) is 5. The first-order chi connectivity index (χ1) is 13.0. The third kappa shape index (κ3) is 4.59. The van der Waals surface area contributed by atoms with Crippen LogP contribution in [0.1, 0.15) is 5.56 Å². The lowest BCUT2D eigenvalue weighted by atomic mass is 10.2. The lowest BCUT2D eigenvalue weighted by molar-refractivity contribution is -0.131. The van der Waals surface area contributed by atoms with Crippen LogP contribution in [0.4, 0.5) is 4.39 Å². The second-order valence-corrected chi connectivity index (χ2v) is 6.31. The van der Waals surface area contributed by atoms with E-state index >= 15 is 0 Å². The van der Waals surface area contributed by atoms with Crippen LogP contribution < -0.4 is 4.74 Å². The summed E-state index contributed by atoms with van der Waals surface area (Å²) in [5.74, 6) is -0.138. The second kappa shape index (κ2) is 8.13. The average molecular weight is 390 g/mol. The molecule has 0 saturated heterocycles. The molecule has 0 aliphatic rings. The fourth-order valence-corrected chi connectivity index (χ4v) is 2.56. The number of benzene rings is 2. The Morgan fingerprint density at radius 3 is 2.67 bits per heavy atom. The molecular weight excluding hydrogens is 373 g/mol. The van der Waals surface area contributed by atoms with E-state index in [0.29, 0.717) is 16.4 Å². The molecule has 0 N–H and O–H groups in total. The summed E-state index contributed by atoms with van der Waals surface area (Å²) in [4.78, 5) is 15.1. The fraction of sp³-hybridized carbons (Fsp3) is 0.222. The summed E-state index contributed by atoms with van der Waals surface area (Å²) in [6.07, 6.45) is 0. The minimum absolute atomic E-state index is 0.0737. The number of likely N-dealkylation sites (N-methyl/N-ethyl adjacent to an activating group) is 1. The number of carbonyl (C=O) groups excluding carboxylic acids is 1. The highest BCUT2D eigenvalue weighted by molar-refractivity contribution is 6.30. The zero-order valence-electron chi connectivity index (χ0n) is 14.8. The predicted molar refractivity (Wildman–Crippen MR) is 97.7 cm³/mol. The molecule has 3 aromatic rings. The topological polar surface area (TPSA) is 73.1 Å². The van der Waals surface area contributed by atoms with E-state index in [1.807, 2.05) is 0 Å². The second-order valence-electron chi connectivity index (χ2n) is 5.87. The highest BCUT2D eigenvalue weighted by Crippen LogP contribution is 2.19. The van der Waals surface area contributed by atoms with Crippen LogP contribution in [0.25, 0.3) is 11.4 Å². The lowest BCUT2D eigenvalue weighted by Gasteiger charge is -2.17. The third-order valence-corrected chi connectivity index (χ3v) is 4.15. The molecule has 9 heteroatoms. The Morgan fingerprint density at radius 2 is 2.00 bits per heavy atom. The first kappa shape index (κ1) is 18.8. The van der Waals surface area contributed by atoms with E-state index in [-0.39, 0.29) is 24.7 Å². The van der Waals surface area contributed by atoms with Gasteiger partial charge < -0.3 is 9.64 Å². The monoisotopic (exact) mass is 389 g/mol. The maximum atomic E-state index is 13.8. The van der Waals surface area contributed by atoms with Crippen LogP contribution >= 0.6 is 11.6 Å². The minimum atomic E-state index is -0.471. The van der Waals surface area contributed by atoms with Crippen molar-refractivity contribution in [2.24, 2.45) is 0 Å². The number of halogens is 2. The molecule has 1 aromatic heterocycles. The molecule has 0 saturated carbocycles. The van der Waals surface area contributed by atoms with Crippen molar-refractivity contribution in [2.75, 3.05) is 14.2 Å². The maximum Gasteiger partial charge on any atom is 0.246 e. The van der Waals surface area contributed by atoms with E-state index in [4.69, 9.17) is 16.3 Å². The number of amides is 1. The summed E-state index contributed by atoms with van der Waals surface area (Å²) < 4.78 is 18.7. The van der Waals surface area contributed by atoms with Gasteiger partial charge in [0.15, 0.2) is 11.6 Å². The number of methoxy groups -OCH3 is 1. The molecule has 7 nitrogen and oxygen atoms in total. The molecule has 0 atom stereocenters. The van der Waals surface area contributed by atoms with Gasteiger partial charge in [0.25, 0.3) is 0 Å². The molecule has 2 aromatic carbocycles. The van der Waals surface area contributed by atoms with Crippen molar-refractivity contribution in [3.8, 4) is 17.1 Å². The van der Waals surface area contributed by atoms with Crippen molar-refractivity contribution in [2.45, 2.75) is 13.1 Å². The van der Waals surface area contributed by atoms with Crippen LogP contribution in [0.3, 0.4) is 0 Å². The molecule has 140 valence electrons. The van der Waals surface area contributed by atoms with Gasteiger partial charge in [0.2, 0.25) is 11.7 Å². The molecule has 1 amide bonds. The van der Waals surface area contributed by atoms with Gasteiger partial charge in [0.05, 0.1) is 7.11 Å². The molecule has 0 unspecified atom stereocenters. The number of rotatable bonds is 6. The lowest BCUT2D eigenvalue weighted by Crippen LogP contribution is -2.30. The average Bonchev–Trinajstić information content (AvgIpc) is 3.11. The highest BCUT2D eigenvalue weighted by Gasteiger charge is 2.14. The van der Waals surface area contributed by atoms with Crippen LogP contribution in [0, 0.1) is 5.82 Å². The van der Waals surface area contributed by atoms with Crippen LogP contribution in [0.15, 0.2) is 42.5 Å². The van der Waals surface area contributed by atoms with Gasteiger partial charge in [0, 0.05) is 24.2 Å². The van der Waals surface area contributed by atoms with Crippen molar-refractivity contribution < 1.29 is 13.9 Å². The fourth-order valence-electron chi connectivity index (χ4n) is 2.44. The van der Waals surface area contributed by atoms with Crippen molar-refractivity contribution in [1.82, 2.24) is 25.1 Å². The molecule has 0 radical (unpaired) electrons. The van der Waals surface area contributed by atoms with E-state index < -0.39 is 5.82 Å². The standard InChI is InChI=1S/C18H17ClFN5O2/c1-24(10-12-3-8-16(27-2)15(20)9-12)17(26)11-25-22-18(21-23-25)13-4-6-14(19)7-5-13/h3-9H,10-11H2,1-2H3. The number of ether oxygens (including phenoxy) is 1. The molecule has 0 aliphatic heterocycles. The van der Waals surface area contributed by atoms with Gasteiger partial charge >= 0.3 is 0 Å². The van der Waals surface area contributed by atoms with Crippen LogP contribution in [0.5, 0.6) is 5.75 Å². The molecule has 27 heavy (non-hydrogen) atoms. The quantitative estimate of drug-likeness (QED) is 0.648. The van der Waals surface area contributed by atoms with Gasteiger partial charge in [-0.15, -0.1) is 10.2 Å². The molecule has 0 bridgehead atoms. The van der Waals surface area contributed by atoms with Gasteiger partial charge in [-0.25, -0.2) is 4.39 Å². The SMILES string of the molecule is COc1ccc(CN(C)C(=O)Cn2nnc(-c3ccc(Cl)cc3)n2)cc1F. The number of tetrazole rings is 1. The molecule has 0 spiro atoms. The zero-order valence-corrected chi connectivity index (χ0v) is 15.5. The summed E-state index contributed by atoms with van der Waals surface area (Å²) in [5.41, 5.74) is 1.40. The number of aromatic nitrogens is 4. The smallest absolute Gasteiger partial charge is 0.246 e. The first-order valence-electron chi connectivity index (χ1n) is 8.06. The van der Waals surface area contributed by atoms with E-state index in [9.17, 15) is 9.18 Å². The molecular formula is C18H17ClFN5O2. The van der Waals surface area contributed by atoms with Gasteiger partial charge in [-0.2, -0.15) is 4.80 Å². The molecule has 0 aliphatic carbocycles. The van der Waals surface area contributed by atoms with Gasteiger partial charge in [-0.05, 0) is 47.2 Å². The zero-order chi connectivity index (χ0) is 19.4. The molecule has 0 fully saturated rings. The Labute approximate surface area is 160 Å².